The topological polar surface area (TPSA) is 63.0 Å². The normalized spacial score (nSPS) is 11.9. The van der Waals surface area contributed by atoms with E-state index in [1.165, 1.54) is 16.4 Å². The van der Waals surface area contributed by atoms with Gasteiger partial charge in [-0.05, 0) is 12.8 Å². The summed E-state index contributed by atoms with van der Waals surface area (Å²) in [6.45, 7) is 0.708. The number of aromatic nitrogens is 2. The summed E-state index contributed by atoms with van der Waals surface area (Å²) in [5.41, 5.74) is 0. The molecular formula is C9H17N2O3S+. The molecule has 0 saturated carbocycles. The Balaban J connectivity index is 2.59. The molecule has 0 aromatic carbocycles. The third-order valence-electron chi connectivity index (χ3n) is 2.10. The quantitative estimate of drug-likeness (QED) is 0.559. The smallest absolute Gasteiger partial charge is 0.302 e. The third kappa shape index (κ3) is 3.64. The van der Waals surface area contributed by atoms with Crippen molar-refractivity contribution in [1.82, 2.24) is 4.98 Å². The van der Waals surface area contributed by atoms with E-state index in [1.54, 1.807) is 13.3 Å². The highest BCUT2D eigenvalue weighted by atomic mass is 32.2. The summed E-state index contributed by atoms with van der Waals surface area (Å²) in [6, 6.07) is 0. The van der Waals surface area contributed by atoms with E-state index in [0.29, 0.717) is 18.9 Å². The fourth-order valence-corrected chi connectivity index (χ4v) is 2.21. The van der Waals surface area contributed by atoms with Gasteiger partial charge in [-0.15, -0.1) is 3.97 Å². The molecule has 0 radical (unpaired) electrons. The van der Waals surface area contributed by atoms with E-state index < -0.39 is 10.0 Å². The van der Waals surface area contributed by atoms with Crippen molar-refractivity contribution in [2.75, 3.05) is 20.0 Å². The third-order valence-corrected chi connectivity index (χ3v) is 3.15. The van der Waals surface area contributed by atoms with E-state index in [0.717, 1.165) is 12.8 Å². The van der Waals surface area contributed by atoms with Crippen LogP contribution in [0.1, 0.15) is 18.7 Å². The Kier molecular flexibility index (Phi) is 4.28. The lowest BCUT2D eigenvalue weighted by molar-refractivity contribution is -0.518. The minimum absolute atomic E-state index is 0.708. The zero-order valence-electron chi connectivity index (χ0n) is 9.06. The first-order valence-electron chi connectivity index (χ1n) is 4.83. The van der Waals surface area contributed by atoms with Crippen molar-refractivity contribution >= 4 is 10.0 Å². The Morgan fingerprint density at radius 1 is 1.47 bits per heavy atom. The molecule has 0 aliphatic rings. The Morgan fingerprint density at radius 3 is 2.80 bits per heavy atom. The van der Waals surface area contributed by atoms with Crippen molar-refractivity contribution in [1.29, 1.82) is 0 Å². The molecule has 1 rings (SSSR count). The van der Waals surface area contributed by atoms with Crippen LogP contribution in [0.5, 0.6) is 0 Å². The summed E-state index contributed by atoms with van der Waals surface area (Å²) >= 11 is 0. The first-order valence-corrected chi connectivity index (χ1v) is 6.68. The number of aryl methyl sites for hydroxylation is 1. The number of nitrogens with one attached hydrogen (secondary N) is 1. The second-order valence-corrected chi connectivity index (χ2v) is 5.27. The maximum atomic E-state index is 11.3. The summed E-state index contributed by atoms with van der Waals surface area (Å²) in [6.07, 6.45) is 6.90. The van der Waals surface area contributed by atoms with Gasteiger partial charge >= 0.3 is 10.0 Å². The van der Waals surface area contributed by atoms with Gasteiger partial charge < -0.3 is 4.74 Å². The van der Waals surface area contributed by atoms with E-state index in [4.69, 9.17) is 4.74 Å². The standard InChI is InChI=1S/C9H16N2O3S/c1-14-8-4-3-5-9-10-6-7-11(9)15(2,12)13/h6-7H,3-5,8H2,1-2H3/p+1. The summed E-state index contributed by atoms with van der Waals surface area (Å²) < 4.78 is 28.8. The Labute approximate surface area is 90.1 Å². The van der Waals surface area contributed by atoms with Crippen molar-refractivity contribution in [2.45, 2.75) is 19.3 Å². The predicted molar refractivity (Wildman–Crippen MR) is 56.0 cm³/mol. The average molecular weight is 233 g/mol. The minimum Gasteiger partial charge on any atom is -0.385 e. The molecule has 0 spiro atoms. The first-order chi connectivity index (χ1) is 7.05. The largest absolute Gasteiger partial charge is 0.385 e. The second-order valence-electron chi connectivity index (χ2n) is 3.42. The number of nitrogens with zero attached hydrogens (tertiary/aromatic N) is 1. The van der Waals surface area contributed by atoms with E-state index in [-0.39, 0.29) is 0 Å². The zero-order chi connectivity index (χ0) is 11.3. The number of rotatable bonds is 6. The van der Waals surface area contributed by atoms with Gasteiger partial charge in [0, 0.05) is 13.7 Å². The zero-order valence-corrected chi connectivity index (χ0v) is 9.88. The van der Waals surface area contributed by atoms with Crippen molar-refractivity contribution < 1.29 is 17.1 Å². The highest BCUT2D eigenvalue weighted by Crippen LogP contribution is 1.98. The molecule has 0 saturated heterocycles. The number of H-pyrrole nitrogens is 1. The monoisotopic (exact) mass is 233 g/mol. The first kappa shape index (κ1) is 12.2. The molecule has 86 valence electrons. The SMILES string of the molecule is COCCCCc1[nH]cc[n+]1S(C)(=O)=O. The van der Waals surface area contributed by atoms with Gasteiger partial charge in [0.25, 0.3) is 5.82 Å². The molecule has 0 bridgehead atoms. The lowest BCUT2D eigenvalue weighted by atomic mass is 10.2. The van der Waals surface area contributed by atoms with Crippen LogP contribution in [0, 0.1) is 0 Å². The molecule has 1 aromatic rings. The van der Waals surface area contributed by atoms with Crippen LogP contribution >= 0.6 is 0 Å². The second kappa shape index (κ2) is 5.27. The molecule has 1 N–H and O–H groups in total. The minimum atomic E-state index is -3.18. The van der Waals surface area contributed by atoms with Gasteiger partial charge in [-0.1, -0.05) is 0 Å². The number of unbranched alkanes of at least 4 members (excludes halogenated alkanes) is 1. The number of imidazole rings is 1. The molecule has 0 fully saturated rings. The number of methoxy groups -OCH3 is 1. The molecule has 0 unspecified atom stereocenters. The van der Waals surface area contributed by atoms with Crippen LogP contribution in [0.4, 0.5) is 0 Å². The maximum absolute atomic E-state index is 11.3. The van der Waals surface area contributed by atoms with Gasteiger partial charge in [0.15, 0.2) is 0 Å². The molecule has 1 heterocycles. The molecule has 1 aromatic heterocycles. The van der Waals surface area contributed by atoms with Crippen molar-refractivity contribution in [3.8, 4) is 0 Å². The summed E-state index contributed by atoms with van der Waals surface area (Å²) in [4.78, 5) is 2.93. The lowest BCUT2D eigenvalue weighted by Gasteiger charge is -1.98. The van der Waals surface area contributed by atoms with Crippen LogP contribution in [-0.4, -0.2) is 33.4 Å². The van der Waals surface area contributed by atoms with Crippen LogP contribution in [0.2, 0.25) is 0 Å². The van der Waals surface area contributed by atoms with Gasteiger partial charge in [0.2, 0.25) is 0 Å². The van der Waals surface area contributed by atoms with Crippen LogP contribution in [-0.2, 0) is 21.2 Å². The molecule has 0 atom stereocenters. The lowest BCUT2D eigenvalue weighted by Crippen LogP contribution is -2.43. The molecule has 5 nitrogen and oxygen atoms in total. The summed E-state index contributed by atoms with van der Waals surface area (Å²) in [7, 11) is -1.52. The summed E-state index contributed by atoms with van der Waals surface area (Å²) in [5, 5.41) is 0. The van der Waals surface area contributed by atoms with E-state index >= 15 is 0 Å². The highest BCUT2D eigenvalue weighted by molar-refractivity contribution is 7.84. The number of hydrogen-bond acceptors (Lipinski definition) is 3. The molecule has 15 heavy (non-hydrogen) atoms. The Hall–Kier alpha value is -0.880. The van der Waals surface area contributed by atoms with Crippen LogP contribution in [0.25, 0.3) is 0 Å². The average Bonchev–Trinajstić information content (AvgIpc) is 2.59. The van der Waals surface area contributed by atoms with Gasteiger partial charge in [-0.2, -0.15) is 8.42 Å². The van der Waals surface area contributed by atoms with E-state index in [1.807, 2.05) is 0 Å². The fraction of sp³-hybridized carbons (Fsp3) is 0.667. The highest BCUT2D eigenvalue weighted by Gasteiger charge is 2.18. The van der Waals surface area contributed by atoms with Gasteiger partial charge in [-0.25, -0.2) is 4.98 Å². The van der Waals surface area contributed by atoms with Crippen LogP contribution < -0.4 is 3.97 Å². The Bertz CT molecular complexity index is 397. The van der Waals surface area contributed by atoms with E-state index in [9.17, 15) is 8.42 Å². The molecular weight excluding hydrogens is 216 g/mol. The fourth-order valence-electron chi connectivity index (χ4n) is 1.39. The van der Waals surface area contributed by atoms with Gasteiger partial charge in [-0.3, -0.25) is 0 Å². The number of ether oxygens (including phenoxy) is 1. The van der Waals surface area contributed by atoms with Gasteiger partial charge in [0.1, 0.15) is 12.4 Å². The van der Waals surface area contributed by atoms with Crippen LogP contribution in [0.3, 0.4) is 0 Å². The van der Waals surface area contributed by atoms with E-state index in [2.05, 4.69) is 4.98 Å². The van der Waals surface area contributed by atoms with Gasteiger partial charge in [0.05, 0.1) is 12.7 Å². The maximum Gasteiger partial charge on any atom is 0.302 e. The molecule has 0 amide bonds. The van der Waals surface area contributed by atoms with Crippen molar-refractivity contribution in [2.24, 2.45) is 0 Å². The predicted octanol–water partition coefficient (Wildman–Crippen LogP) is 0.0790. The van der Waals surface area contributed by atoms with Crippen LogP contribution in [0.15, 0.2) is 12.4 Å². The number of hydrogen-bond donors (Lipinski definition) is 1. The Morgan fingerprint density at radius 2 is 2.20 bits per heavy atom. The molecule has 0 aliphatic heterocycles. The number of aromatic amines is 1. The summed E-state index contributed by atoms with van der Waals surface area (Å²) in [5.74, 6) is 0.716. The van der Waals surface area contributed by atoms with Crippen molar-refractivity contribution in [3.63, 3.8) is 0 Å². The van der Waals surface area contributed by atoms with Crippen molar-refractivity contribution in [3.05, 3.63) is 18.2 Å². The molecule has 6 heteroatoms. The molecule has 0 aliphatic carbocycles.